The molecule has 6 atom stereocenters. The van der Waals surface area contributed by atoms with Gasteiger partial charge in [-0.2, -0.15) is 0 Å². The second kappa shape index (κ2) is 39.6. The predicted octanol–water partition coefficient (Wildman–Crippen LogP) is 19.7. The number of nitrogens with one attached hydrogen (secondary N) is 4. The van der Waals surface area contributed by atoms with Crippen LogP contribution in [0.3, 0.4) is 0 Å². The van der Waals surface area contributed by atoms with Crippen molar-refractivity contribution < 1.29 is 0 Å². The van der Waals surface area contributed by atoms with Crippen molar-refractivity contribution in [2.45, 2.75) is 289 Å². The largest absolute Gasteiger partial charge is 0.388 e. The topological polar surface area (TPSA) is 54.6 Å². The van der Waals surface area contributed by atoms with Crippen LogP contribution in [0.5, 0.6) is 0 Å². The standard InChI is InChI=1S/C12H24.2C11H23N.4C10H19N/c1-9(2)11-7-5-6-8-12(11)10(3)4;1-9(2)11-5-7-12(8-6-11)10(3)4;1-8(2)10-5-6-12-11(7-10)9(3)4;1-7(2)9-5-10(8(3)4)11-6-9;1-8(2)10-6-5-7-11(10)9(3)4;1-7(2)9-5-6-11-10(9)8(3)4;1-7(2)9-5-6-10(11-9)8(3)4/h9-12H,5-8H2,1-4H3;9-11H,5-8H2,1-4H3;8-12H,5-7H2,1-4H3;5,7-9,11H,6H2,1-4H3;6,8-9H,5,7H2,1-4H3;7-8,11H,5-6H2,1-4H3;5,7-8,10-11H,6H2,1-4H3. The quantitative estimate of drug-likeness (QED) is 0.139. The van der Waals surface area contributed by atoms with E-state index < -0.39 is 0 Å². The van der Waals surface area contributed by atoms with Crippen LogP contribution in [0.2, 0.25) is 0 Å². The van der Waals surface area contributed by atoms with E-state index in [1.165, 1.54) is 114 Å². The molecule has 2 saturated heterocycles. The Morgan fingerprint density at radius 3 is 1.32 bits per heavy atom. The summed E-state index contributed by atoms with van der Waals surface area (Å²) in [7, 11) is 0. The fourth-order valence-electron chi connectivity index (χ4n) is 13.4. The molecule has 6 heteroatoms. The van der Waals surface area contributed by atoms with Crippen LogP contribution in [0, 0.1) is 101 Å². The van der Waals surface area contributed by atoms with Gasteiger partial charge in [0.15, 0.2) is 0 Å². The third-order valence-electron chi connectivity index (χ3n) is 19.4. The van der Waals surface area contributed by atoms with Crippen molar-refractivity contribution in [1.29, 1.82) is 0 Å². The molecular formula is C74H146N6. The number of likely N-dealkylation sites (tertiary alicyclic amines) is 1. The van der Waals surface area contributed by atoms with E-state index in [-0.39, 0.29) is 0 Å². The van der Waals surface area contributed by atoms with E-state index >= 15 is 0 Å². The number of rotatable bonds is 14. The van der Waals surface area contributed by atoms with Gasteiger partial charge in [0.1, 0.15) is 0 Å². The molecule has 7 rings (SSSR count). The minimum absolute atomic E-state index is 0.666. The average Bonchev–Trinajstić information content (AvgIpc) is 4.25. The molecule has 4 N–H and O–H groups in total. The molecule has 0 aromatic carbocycles. The van der Waals surface area contributed by atoms with Crippen LogP contribution in [0.4, 0.5) is 0 Å². The lowest BCUT2D eigenvalue weighted by Crippen LogP contribution is -2.42. The minimum atomic E-state index is 0.666. The monoisotopic (exact) mass is 1120 g/mol. The van der Waals surface area contributed by atoms with Crippen LogP contribution < -0.4 is 21.3 Å². The van der Waals surface area contributed by atoms with Gasteiger partial charge >= 0.3 is 0 Å². The Hall–Kier alpha value is -1.92. The first-order valence-corrected chi connectivity index (χ1v) is 34.6. The summed E-state index contributed by atoms with van der Waals surface area (Å²) in [4.78, 5) is 5.10. The van der Waals surface area contributed by atoms with Gasteiger partial charge in [0.2, 0.25) is 0 Å². The van der Waals surface area contributed by atoms with Crippen molar-refractivity contribution in [2.75, 3.05) is 39.3 Å². The number of nitrogens with zero attached hydrogens (tertiary/aromatic N) is 2. The first-order valence-electron chi connectivity index (χ1n) is 34.6. The lowest BCUT2D eigenvalue weighted by Gasteiger charge is -2.37. The van der Waals surface area contributed by atoms with Gasteiger partial charge in [-0.1, -0.05) is 197 Å². The first kappa shape index (κ1) is 76.1. The maximum Gasteiger partial charge on any atom is 0.0316 e. The van der Waals surface area contributed by atoms with Crippen molar-refractivity contribution in [1.82, 2.24) is 31.1 Å². The third kappa shape index (κ3) is 28.3. The molecule has 1 saturated carbocycles. The van der Waals surface area contributed by atoms with Gasteiger partial charge in [-0.3, -0.25) is 0 Å². The van der Waals surface area contributed by atoms with Crippen molar-refractivity contribution in [2.24, 2.45) is 101 Å². The maximum atomic E-state index is 3.60. The molecule has 1 aliphatic carbocycles. The molecule has 0 spiro atoms. The highest BCUT2D eigenvalue weighted by Crippen LogP contribution is 2.39. The zero-order chi connectivity index (χ0) is 61.1. The average molecular weight is 1120 g/mol. The summed E-state index contributed by atoms with van der Waals surface area (Å²) in [5.74, 6) is 14.0. The van der Waals surface area contributed by atoms with Crippen molar-refractivity contribution in [3.63, 3.8) is 0 Å². The van der Waals surface area contributed by atoms with Gasteiger partial charge in [-0.25, -0.2) is 0 Å². The molecule has 6 nitrogen and oxygen atoms in total. The van der Waals surface area contributed by atoms with Gasteiger partial charge in [-0.15, -0.1) is 0 Å². The maximum absolute atomic E-state index is 3.60. The van der Waals surface area contributed by atoms with Crippen molar-refractivity contribution in [3.05, 3.63) is 46.6 Å². The molecule has 7 aliphatic rings. The summed E-state index contributed by atoms with van der Waals surface area (Å²) in [6.07, 6.45) is 22.3. The Kier molecular flexibility index (Phi) is 37.7. The van der Waals surface area contributed by atoms with Crippen LogP contribution in [0.15, 0.2) is 46.6 Å². The smallest absolute Gasteiger partial charge is 0.0316 e. The molecule has 3 fully saturated rings. The van der Waals surface area contributed by atoms with Gasteiger partial charge < -0.3 is 31.1 Å². The third-order valence-corrected chi connectivity index (χ3v) is 19.4. The fourth-order valence-corrected chi connectivity index (χ4v) is 13.4. The van der Waals surface area contributed by atoms with Crippen LogP contribution in [0.1, 0.15) is 264 Å². The molecule has 6 aliphatic heterocycles. The summed E-state index contributed by atoms with van der Waals surface area (Å²) in [6, 6.07) is 2.88. The molecule has 80 heavy (non-hydrogen) atoms. The zero-order valence-electron chi connectivity index (χ0n) is 59.3. The number of allylic oxidation sites excluding steroid dienone is 4. The van der Waals surface area contributed by atoms with E-state index in [4.69, 9.17) is 0 Å². The molecule has 6 unspecified atom stereocenters. The first-order chi connectivity index (χ1) is 37.3. The van der Waals surface area contributed by atoms with Gasteiger partial charge in [0.05, 0.1) is 0 Å². The Balaban J connectivity index is 0.000000467. The van der Waals surface area contributed by atoms with E-state index in [9.17, 15) is 0 Å². The molecule has 472 valence electrons. The summed E-state index contributed by atoms with van der Waals surface area (Å²) in [5.41, 5.74) is 7.55. The van der Waals surface area contributed by atoms with Crippen LogP contribution in [-0.2, 0) is 0 Å². The Morgan fingerprint density at radius 2 is 0.988 bits per heavy atom. The highest BCUT2D eigenvalue weighted by Gasteiger charge is 2.30. The summed E-state index contributed by atoms with van der Waals surface area (Å²) >= 11 is 0. The zero-order valence-corrected chi connectivity index (χ0v) is 59.3. The molecule has 0 bridgehead atoms. The molecule has 0 amide bonds. The second-order valence-electron chi connectivity index (χ2n) is 30.5. The molecule has 0 aromatic rings. The highest BCUT2D eigenvalue weighted by atomic mass is 15.2. The number of piperidine rings is 2. The predicted molar refractivity (Wildman–Crippen MR) is 361 cm³/mol. The summed E-state index contributed by atoms with van der Waals surface area (Å²) < 4.78 is 0. The normalized spacial score (nSPS) is 24.5. The number of hydrogen-bond acceptors (Lipinski definition) is 6. The lowest BCUT2D eigenvalue weighted by molar-refractivity contribution is 0.129. The van der Waals surface area contributed by atoms with Gasteiger partial charge in [0, 0.05) is 66.6 Å². The van der Waals surface area contributed by atoms with E-state index in [1.54, 1.807) is 11.3 Å². The fraction of sp³-hybridized carbons (Fsp3) is 0.892. The van der Waals surface area contributed by atoms with Crippen molar-refractivity contribution >= 4 is 0 Å². The molecule has 0 aromatic heterocycles. The molecule has 6 heterocycles. The van der Waals surface area contributed by atoms with Gasteiger partial charge in [-0.05, 0) is 211 Å². The Bertz CT molecular complexity index is 1650. The van der Waals surface area contributed by atoms with Crippen molar-refractivity contribution in [3.8, 4) is 0 Å². The summed E-state index contributed by atoms with van der Waals surface area (Å²) in [6.45, 7) is 71.9. The Morgan fingerprint density at radius 1 is 0.450 bits per heavy atom. The van der Waals surface area contributed by atoms with E-state index in [0.29, 0.717) is 35.8 Å². The molecule has 0 radical (unpaired) electrons. The van der Waals surface area contributed by atoms with Crippen LogP contribution in [0.25, 0.3) is 0 Å². The van der Waals surface area contributed by atoms with E-state index in [0.717, 1.165) is 102 Å². The van der Waals surface area contributed by atoms with E-state index in [2.05, 4.69) is 243 Å². The lowest BCUT2D eigenvalue weighted by atomic mass is 9.69. The highest BCUT2D eigenvalue weighted by molar-refractivity contribution is 5.21. The Labute approximate surface area is 503 Å². The SMILES string of the molecule is CC(C)C1=C(C(C)C)NCC1.CC(C)C1=CC(C(C)C)CN1.CC(C)C1=CCC(C(C)C)N1.CC(C)C1=CCCN1C(C)C.CC(C)C1CCCCC1C(C)C.CC(C)C1CCN(C(C)C)CC1.CC(C)C1CCNC(C(C)C)C1. The second-order valence-corrected chi connectivity index (χ2v) is 30.5. The van der Waals surface area contributed by atoms with E-state index in [1.807, 2.05) is 0 Å². The molecular weight excluding hydrogens is 973 g/mol. The number of hydrogen-bond donors (Lipinski definition) is 4. The minimum Gasteiger partial charge on any atom is -0.388 e. The van der Waals surface area contributed by atoms with Gasteiger partial charge in [0.25, 0.3) is 0 Å². The summed E-state index contributed by atoms with van der Waals surface area (Å²) in [5, 5.41) is 14.1. The van der Waals surface area contributed by atoms with Crippen LogP contribution in [-0.4, -0.2) is 73.2 Å². The van der Waals surface area contributed by atoms with Crippen LogP contribution >= 0.6 is 0 Å².